The molecular weight excluding hydrogens is 1370 g/mol. The fraction of sp³-hybridized carbons (Fsp3) is 0.836. The molecule has 0 amide bonds. The van der Waals surface area contributed by atoms with E-state index in [4.69, 9.17) is 4.74 Å². The highest BCUT2D eigenvalue weighted by Crippen LogP contribution is 2.59. The smallest absolute Gasteiger partial charge is 0.119 e. The Morgan fingerprint density at radius 3 is 0.518 bits per heavy atom. The highest BCUT2D eigenvalue weighted by Gasteiger charge is 2.48. The summed E-state index contributed by atoms with van der Waals surface area (Å²) in [6, 6.07) is 30.9. The summed E-state index contributed by atoms with van der Waals surface area (Å²) in [5.41, 5.74) is 5.61. The molecule has 1 atom stereocenters. The molecule has 0 heterocycles. The van der Waals surface area contributed by atoms with E-state index in [2.05, 4.69) is 403 Å². The molecule has 0 radical (unpaired) electrons. The van der Waals surface area contributed by atoms with E-state index < -0.39 is 7.92 Å². The Kier molecular flexibility index (Phi) is 34.1. The van der Waals surface area contributed by atoms with Crippen molar-refractivity contribution in [3.05, 3.63) is 84.9 Å². The summed E-state index contributed by atoms with van der Waals surface area (Å²) in [5, 5.41) is 4.10. The maximum absolute atomic E-state index is 6.55. The molecule has 1 unspecified atom stereocenters. The lowest BCUT2D eigenvalue weighted by Gasteiger charge is -2.48. The first-order chi connectivity index (χ1) is 49.3. The Balaban J connectivity index is 1.55. The maximum atomic E-state index is 6.55. The van der Waals surface area contributed by atoms with Crippen molar-refractivity contribution < 1.29 is 4.74 Å². The van der Waals surface area contributed by atoms with Gasteiger partial charge in [-0.05, 0) is 302 Å². The van der Waals surface area contributed by atoms with Gasteiger partial charge < -0.3 is 4.74 Å². The lowest BCUT2D eigenvalue weighted by molar-refractivity contribution is 0.0267. The summed E-state index contributed by atoms with van der Waals surface area (Å²) in [4.78, 5) is 0. The summed E-state index contributed by atoms with van der Waals surface area (Å²) >= 11 is 0. The van der Waals surface area contributed by atoms with Gasteiger partial charge in [0.25, 0.3) is 0 Å². The van der Waals surface area contributed by atoms with Crippen molar-refractivity contribution in [1.29, 1.82) is 0 Å². The predicted molar refractivity (Wildman–Crippen MR) is 510 cm³/mol. The minimum Gasteiger partial charge on any atom is -0.493 e. The molecule has 0 fully saturated rings. The van der Waals surface area contributed by atoms with Crippen LogP contribution in [0.15, 0.2) is 84.9 Å². The van der Waals surface area contributed by atoms with E-state index in [9.17, 15) is 0 Å². The van der Waals surface area contributed by atoms with Crippen molar-refractivity contribution in [3.63, 3.8) is 0 Å². The van der Waals surface area contributed by atoms with Gasteiger partial charge in [-0.15, -0.1) is 0 Å². The Morgan fingerprint density at radius 2 is 0.348 bits per heavy atom. The van der Waals surface area contributed by atoms with E-state index in [1.807, 2.05) is 0 Å². The van der Waals surface area contributed by atoms with Crippen LogP contribution < -0.4 is 20.7 Å². The molecule has 0 bridgehead atoms. The Morgan fingerprint density at radius 1 is 0.196 bits per heavy atom. The van der Waals surface area contributed by atoms with Crippen molar-refractivity contribution in [2.24, 2.45) is 125 Å². The third-order valence-corrected chi connectivity index (χ3v) is 27.2. The molecule has 0 N–H and O–H groups in total. The van der Waals surface area contributed by atoms with E-state index in [0.717, 1.165) is 18.8 Å². The van der Waals surface area contributed by atoms with Gasteiger partial charge in [0.15, 0.2) is 0 Å². The molecule has 0 aliphatic rings. The Bertz CT molecular complexity index is 3240. The topological polar surface area (TPSA) is 9.23 Å². The van der Waals surface area contributed by atoms with Gasteiger partial charge in [-0.2, -0.15) is 0 Å². The molecular formula is C110H199OP. The Labute approximate surface area is 706 Å². The molecule has 0 aliphatic carbocycles. The van der Waals surface area contributed by atoms with Crippen LogP contribution >= 0.6 is 7.92 Å². The normalized spacial score (nSPS) is 15.6. The third kappa shape index (κ3) is 41.7. The van der Waals surface area contributed by atoms with Crippen molar-refractivity contribution in [1.82, 2.24) is 0 Å². The first-order valence-electron chi connectivity index (χ1n) is 45.9. The zero-order valence-corrected chi connectivity index (χ0v) is 85.7. The number of hydrogen-bond donors (Lipinski definition) is 0. The largest absolute Gasteiger partial charge is 0.493 e. The fourth-order valence-electron chi connectivity index (χ4n) is 32.2. The van der Waals surface area contributed by atoms with Gasteiger partial charge in [0.05, 0.1) is 6.61 Å². The summed E-state index contributed by atoms with van der Waals surface area (Å²) in [7, 11) is -0.630. The van der Waals surface area contributed by atoms with Crippen LogP contribution in [-0.4, -0.2) is 6.61 Å². The van der Waals surface area contributed by atoms with Crippen LogP contribution in [0.5, 0.6) is 5.75 Å². The molecule has 3 aromatic carbocycles. The molecule has 112 heavy (non-hydrogen) atoms. The van der Waals surface area contributed by atoms with Gasteiger partial charge in [-0.25, -0.2) is 0 Å². The SMILES string of the molecule is CC(COc1ccc(P(c2ccccc2)c2ccccc2)cc1)CC(C)(C)CC(C)(C)CC(C)(C)CC(C)(C)CC(C)(C)CC(C)(C)CC(C)(C)CC(C)(C)CC(C)(C)CC(C)(C)CC(C)(C)CC(C)(C)CC(C)(C)CC(C)(C)CC(C)(C)CC(C)(C)CC(C)(C)CC(C)(C)CC(C)(C)CC(C)(C)CC(C)(C)CC(C)(C)C. The second kappa shape index (κ2) is 36.7. The molecule has 0 saturated heterocycles. The molecule has 0 aliphatic heterocycles. The summed E-state index contributed by atoms with van der Waals surface area (Å²) in [6.07, 6.45) is 27.5. The second-order valence-electron chi connectivity index (χ2n) is 57.8. The average Bonchev–Trinajstić information content (AvgIpc) is 0.814. The van der Waals surface area contributed by atoms with Crippen molar-refractivity contribution in [3.8, 4) is 5.75 Å². The molecule has 3 rings (SSSR count). The monoisotopic (exact) mass is 1570 g/mol. The average molecular weight is 1570 g/mol. The van der Waals surface area contributed by atoms with Gasteiger partial charge in [0.1, 0.15) is 5.75 Å². The molecule has 0 saturated carbocycles. The minimum absolute atomic E-state index is 0.203. The third-order valence-electron chi connectivity index (χ3n) is 24.7. The zero-order chi connectivity index (χ0) is 87.3. The van der Waals surface area contributed by atoms with Crippen LogP contribution in [0, 0.1) is 125 Å². The standard InChI is InChI=1S/C110H199OP/c1-84(62-111-85-57-59-88(60-58-85)112(86-53-49-47-50-54-86)87-55-51-48-52-56-87)61-90(5,6)64-92(9,10)66-94(13,14)68-96(17,18)70-98(21,22)72-100(25,26)74-102(29,30)76-104(33,34)78-106(37,38)80-108(41,42)82-110(45,46)83-109(43,44)81-107(39,40)79-105(35,36)77-103(31,32)75-101(27,28)73-99(23,24)71-97(19,20)69-95(15,16)67-93(11,12)65-91(7,8)63-89(2,3)4/h47-60,84H,61-83H2,1-46H3. The highest BCUT2D eigenvalue weighted by molar-refractivity contribution is 7.79. The first-order valence-corrected chi connectivity index (χ1v) is 47.2. The number of rotatable bonds is 49. The predicted octanol–water partition coefficient (Wildman–Crippen LogP) is 35.6. The molecule has 1 nitrogen and oxygen atoms in total. The quantitative estimate of drug-likeness (QED) is 0.0512. The van der Waals surface area contributed by atoms with Crippen LogP contribution in [0.2, 0.25) is 0 Å². The van der Waals surface area contributed by atoms with Crippen LogP contribution in [-0.2, 0) is 0 Å². The van der Waals surface area contributed by atoms with Crippen LogP contribution in [0.4, 0.5) is 0 Å². The summed E-state index contributed by atoms with van der Waals surface area (Å²) < 4.78 is 6.55. The van der Waals surface area contributed by atoms with Crippen LogP contribution in [0.25, 0.3) is 0 Å². The van der Waals surface area contributed by atoms with E-state index in [1.165, 1.54) is 151 Å². The molecule has 0 spiro atoms. The van der Waals surface area contributed by atoms with Crippen molar-refractivity contribution in [2.45, 2.75) is 460 Å². The Hall–Kier alpha value is -2.11. The fourth-order valence-corrected chi connectivity index (χ4v) is 34.5. The highest BCUT2D eigenvalue weighted by atomic mass is 31.1. The molecule has 0 aromatic heterocycles. The number of hydrogen-bond acceptors (Lipinski definition) is 1. The lowest BCUT2D eigenvalue weighted by Crippen LogP contribution is -2.37. The molecule has 650 valence electrons. The van der Waals surface area contributed by atoms with Gasteiger partial charge in [0.2, 0.25) is 0 Å². The number of benzene rings is 3. The van der Waals surface area contributed by atoms with Crippen molar-refractivity contribution in [2.75, 3.05) is 6.61 Å². The maximum Gasteiger partial charge on any atom is 0.119 e. The van der Waals surface area contributed by atoms with E-state index in [1.54, 1.807) is 0 Å². The molecule has 2 heteroatoms. The number of ether oxygens (including phenoxy) is 1. The van der Waals surface area contributed by atoms with Gasteiger partial charge >= 0.3 is 0 Å². The first kappa shape index (κ1) is 104. The van der Waals surface area contributed by atoms with E-state index >= 15 is 0 Å². The van der Waals surface area contributed by atoms with E-state index in [0.29, 0.717) is 22.2 Å². The lowest BCUT2D eigenvalue weighted by atomic mass is 9.57. The van der Waals surface area contributed by atoms with E-state index in [-0.39, 0.29) is 103 Å². The van der Waals surface area contributed by atoms with Gasteiger partial charge in [0, 0.05) is 0 Å². The van der Waals surface area contributed by atoms with Crippen LogP contribution in [0.1, 0.15) is 460 Å². The molecule has 3 aromatic rings. The van der Waals surface area contributed by atoms with Gasteiger partial charge in [-0.3, -0.25) is 0 Å². The minimum atomic E-state index is -0.630. The second-order valence-corrected chi connectivity index (χ2v) is 60.1. The zero-order valence-electron chi connectivity index (χ0n) is 84.8. The van der Waals surface area contributed by atoms with Gasteiger partial charge in [-0.1, -0.05) is 391 Å². The summed E-state index contributed by atoms with van der Waals surface area (Å²) in [6.45, 7) is 119. The summed E-state index contributed by atoms with van der Waals surface area (Å²) in [5.74, 6) is 1.42. The van der Waals surface area contributed by atoms with Crippen LogP contribution in [0.3, 0.4) is 0 Å². The van der Waals surface area contributed by atoms with Crippen molar-refractivity contribution >= 4 is 23.8 Å².